The first-order valence-corrected chi connectivity index (χ1v) is 7.88. The van der Waals surface area contributed by atoms with Crippen LogP contribution in [0, 0.1) is 0 Å². The lowest BCUT2D eigenvalue weighted by molar-refractivity contribution is 0.222. The van der Waals surface area contributed by atoms with Crippen LogP contribution in [-0.4, -0.2) is 40.7 Å². The number of rotatable bonds is 9. The maximum atomic E-state index is 5.64. The number of nitrogens with zero attached hydrogens (tertiary/aromatic N) is 4. The summed E-state index contributed by atoms with van der Waals surface area (Å²) in [6.07, 6.45) is 3.35. The summed E-state index contributed by atoms with van der Waals surface area (Å²) in [5.74, 6) is 1.23. The van der Waals surface area contributed by atoms with Crippen molar-refractivity contribution in [1.29, 1.82) is 0 Å². The van der Waals surface area contributed by atoms with Crippen LogP contribution in [0.4, 0.5) is 11.9 Å². The van der Waals surface area contributed by atoms with Crippen molar-refractivity contribution in [2.45, 2.75) is 66.0 Å². The van der Waals surface area contributed by atoms with Crippen LogP contribution in [0.3, 0.4) is 0 Å². The Hall–Kier alpha value is -1.59. The maximum Gasteiger partial charge on any atom is 0.323 e. The molecule has 1 heterocycles. The van der Waals surface area contributed by atoms with Crippen LogP contribution in [0.5, 0.6) is 6.01 Å². The minimum atomic E-state index is 0.0395. The highest BCUT2D eigenvalue weighted by atomic mass is 16.5. The van der Waals surface area contributed by atoms with E-state index in [1.165, 1.54) is 0 Å². The Morgan fingerprint density at radius 1 is 1.14 bits per heavy atom. The van der Waals surface area contributed by atoms with Crippen molar-refractivity contribution in [2.24, 2.45) is 0 Å². The van der Waals surface area contributed by atoms with E-state index in [-0.39, 0.29) is 6.10 Å². The molecule has 0 bridgehead atoms. The molecule has 6 heteroatoms. The summed E-state index contributed by atoms with van der Waals surface area (Å²) < 4.78 is 5.64. The zero-order valence-corrected chi connectivity index (χ0v) is 14.2. The van der Waals surface area contributed by atoms with Crippen LogP contribution in [0.15, 0.2) is 0 Å². The largest absolute Gasteiger partial charge is 0.461 e. The molecule has 0 aliphatic rings. The second-order valence-corrected chi connectivity index (χ2v) is 5.46. The second kappa shape index (κ2) is 8.64. The van der Waals surface area contributed by atoms with E-state index in [0.29, 0.717) is 23.9 Å². The van der Waals surface area contributed by atoms with E-state index in [0.717, 1.165) is 25.8 Å². The van der Waals surface area contributed by atoms with Crippen molar-refractivity contribution >= 4 is 11.9 Å². The minimum absolute atomic E-state index is 0.0395. The Morgan fingerprint density at radius 2 is 1.86 bits per heavy atom. The molecule has 1 unspecified atom stereocenters. The van der Waals surface area contributed by atoms with Gasteiger partial charge in [0.2, 0.25) is 11.9 Å². The molecule has 6 nitrogen and oxygen atoms in total. The number of hydrogen-bond donors (Lipinski definition) is 1. The van der Waals surface area contributed by atoms with Gasteiger partial charge in [0, 0.05) is 19.6 Å². The highest BCUT2D eigenvalue weighted by molar-refractivity contribution is 5.39. The quantitative estimate of drug-likeness (QED) is 0.755. The van der Waals surface area contributed by atoms with E-state index in [9.17, 15) is 0 Å². The predicted octanol–water partition coefficient (Wildman–Crippen LogP) is 3.11. The minimum Gasteiger partial charge on any atom is -0.461 e. The third kappa shape index (κ3) is 5.36. The summed E-state index contributed by atoms with van der Waals surface area (Å²) >= 11 is 0. The molecule has 0 radical (unpaired) electrons. The molecule has 0 saturated heterocycles. The molecule has 0 spiro atoms. The van der Waals surface area contributed by atoms with E-state index in [1.807, 2.05) is 13.8 Å². The van der Waals surface area contributed by atoms with Gasteiger partial charge < -0.3 is 15.0 Å². The number of hydrogen-bond acceptors (Lipinski definition) is 6. The van der Waals surface area contributed by atoms with Gasteiger partial charge in [-0.1, -0.05) is 20.3 Å². The molecule has 1 aromatic rings. The highest BCUT2D eigenvalue weighted by Gasteiger charge is 2.18. The number of nitrogens with one attached hydrogen (secondary N) is 1. The Kier molecular flexibility index (Phi) is 7.19. The van der Waals surface area contributed by atoms with Crippen molar-refractivity contribution in [2.75, 3.05) is 23.8 Å². The number of aromatic nitrogens is 3. The lowest BCUT2D eigenvalue weighted by Gasteiger charge is -2.28. The van der Waals surface area contributed by atoms with Gasteiger partial charge in [0.05, 0.1) is 6.10 Å². The molecule has 0 fully saturated rings. The molecule has 1 rings (SSSR count). The fourth-order valence-corrected chi connectivity index (χ4v) is 1.92. The average molecular weight is 295 g/mol. The lowest BCUT2D eigenvalue weighted by atomic mass is 10.2. The Bertz CT molecular complexity index is 425. The van der Waals surface area contributed by atoms with E-state index in [2.05, 4.69) is 45.9 Å². The summed E-state index contributed by atoms with van der Waals surface area (Å²) in [7, 11) is 1.80. The van der Waals surface area contributed by atoms with Gasteiger partial charge >= 0.3 is 6.01 Å². The Morgan fingerprint density at radius 3 is 2.38 bits per heavy atom. The molecule has 1 N–H and O–H groups in total. The molecular weight excluding hydrogens is 266 g/mol. The Balaban J connectivity index is 3.09. The van der Waals surface area contributed by atoms with Gasteiger partial charge in [-0.25, -0.2) is 0 Å². The first kappa shape index (κ1) is 17.5. The molecule has 0 aromatic carbocycles. The van der Waals surface area contributed by atoms with Crippen LogP contribution in [0.25, 0.3) is 0 Å². The third-order valence-corrected chi connectivity index (χ3v) is 3.30. The molecule has 21 heavy (non-hydrogen) atoms. The summed E-state index contributed by atoms with van der Waals surface area (Å²) in [4.78, 5) is 15.5. The number of ether oxygens (including phenoxy) is 1. The molecule has 1 atom stereocenters. The van der Waals surface area contributed by atoms with Crippen molar-refractivity contribution in [3.63, 3.8) is 0 Å². The van der Waals surface area contributed by atoms with Crippen LogP contribution in [-0.2, 0) is 0 Å². The highest BCUT2D eigenvalue weighted by Crippen LogP contribution is 2.19. The zero-order valence-electron chi connectivity index (χ0n) is 14.2. The van der Waals surface area contributed by atoms with Crippen molar-refractivity contribution in [3.05, 3.63) is 0 Å². The van der Waals surface area contributed by atoms with E-state index in [4.69, 9.17) is 4.74 Å². The molecule has 0 aliphatic carbocycles. The monoisotopic (exact) mass is 295 g/mol. The van der Waals surface area contributed by atoms with Gasteiger partial charge in [0.15, 0.2) is 0 Å². The first-order valence-electron chi connectivity index (χ1n) is 7.88. The summed E-state index contributed by atoms with van der Waals surface area (Å²) in [5.41, 5.74) is 0. The van der Waals surface area contributed by atoms with Crippen LogP contribution in [0.2, 0.25) is 0 Å². The predicted molar refractivity (Wildman–Crippen MR) is 87.1 cm³/mol. The van der Waals surface area contributed by atoms with E-state index in [1.54, 1.807) is 7.05 Å². The fourth-order valence-electron chi connectivity index (χ4n) is 1.92. The number of anilines is 2. The standard InChI is InChI=1S/C15H29N5O/c1-7-9-10-20(12(5)8-2)14-17-13(16-6)18-15(19-14)21-11(3)4/h11-12H,7-10H2,1-6H3,(H,16,17,18,19). The molecular formula is C15H29N5O. The molecule has 120 valence electrons. The van der Waals surface area contributed by atoms with E-state index < -0.39 is 0 Å². The summed E-state index contributed by atoms with van der Waals surface area (Å²) in [5, 5.41) is 2.98. The molecule has 1 aromatic heterocycles. The van der Waals surface area contributed by atoms with Crippen molar-refractivity contribution in [3.8, 4) is 6.01 Å². The fraction of sp³-hybridized carbons (Fsp3) is 0.800. The lowest BCUT2D eigenvalue weighted by Crippen LogP contribution is -2.35. The maximum absolute atomic E-state index is 5.64. The molecule has 0 amide bonds. The van der Waals surface area contributed by atoms with Crippen molar-refractivity contribution < 1.29 is 4.74 Å². The van der Waals surface area contributed by atoms with Crippen molar-refractivity contribution in [1.82, 2.24) is 15.0 Å². The van der Waals surface area contributed by atoms with Gasteiger partial charge in [-0.2, -0.15) is 15.0 Å². The normalized spacial score (nSPS) is 12.3. The second-order valence-electron chi connectivity index (χ2n) is 5.46. The Labute approximate surface area is 128 Å². The SMILES string of the molecule is CCCCN(c1nc(NC)nc(OC(C)C)n1)C(C)CC. The first-order chi connectivity index (χ1) is 10.0. The smallest absolute Gasteiger partial charge is 0.323 e. The van der Waals surface area contributed by atoms with Gasteiger partial charge in [-0.3, -0.25) is 0 Å². The summed E-state index contributed by atoms with van der Waals surface area (Å²) in [6.45, 7) is 11.4. The van der Waals surface area contributed by atoms with Gasteiger partial charge in [0.25, 0.3) is 0 Å². The van der Waals surface area contributed by atoms with Gasteiger partial charge in [-0.15, -0.1) is 0 Å². The van der Waals surface area contributed by atoms with Crippen LogP contribution >= 0.6 is 0 Å². The average Bonchev–Trinajstić information content (AvgIpc) is 2.46. The zero-order chi connectivity index (χ0) is 15.8. The van der Waals surface area contributed by atoms with Gasteiger partial charge in [0.1, 0.15) is 0 Å². The third-order valence-electron chi connectivity index (χ3n) is 3.30. The van der Waals surface area contributed by atoms with Crippen LogP contribution < -0.4 is 15.0 Å². The number of unbranched alkanes of at least 4 members (excludes halogenated alkanes) is 1. The van der Waals surface area contributed by atoms with Gasteiger partial charge in [-0.05, 0) is 33.6 Å². The van der Waals surface area contributed by atoms with Crippen LogP contribution in [0.1, 0.15) is 53.9 Å². The van der Waals surface area contributed by atoms with E-state index >= 15 is 0 Å². The molecule has 0 saturated carbocycles. The summed E-state index contributed by atoms with van der Waals surface area (Å²) in [6, 6.07) is 0.764. The topological polar surface area (TPSA) is 63.2 Å². The molecule has 0 aliphatic heterocycles.